The number of nitrogens with one attached hydrogen (secondary N) is 1. The number of piperazine rings is 1. The molecule has 1 N–H and O–H groups in total. The van der Waals surface area contributed by atoms with Gasteiger partial charge in [-0.2, -0.15) is 0 Å². The molecule has 1 aliphatic rings. The van der Waals surface area contributed by atoms with Crippen LogP contribution in [0.25, 0.3) is 11.2 Å². The molecule has 26 heavy (non-hydrogen) atoms. The fourth-order valence-corrected chi connectivity index (χ4v) is 3.72. The Balaban J connectivity index is 1.60. The maximum atomic E-state index is 12.1. The van der Waals surface area contributed by atoms with E-state index < -0.39 is 0 Å². The molecule has 4 rings (SSSR count). The number of H-pyrrole nitrogens is 1. The van der Waals surface area contributed by atoms with Crippen molar-refractivity contribution >= 4 is 22.7 Å². The molecular weight excluding hydrogens is 328 g/mol. The molecule has 0 bridgehead atoms. The zero-order chi connectivity index (χ0) is 18.3. The van der Waals surface area contributed by atoms with Gasteiger partial charge < -0.3 is 14.8 Å². The third kappa shape index (κ3) is 2.64. The second-order valence-corrected chi connectivity index (χ2v) is 6.76. The monoisotopic (exact) mass is 352 g/mol. The summed E-state index contributed by atoms with van der Waals surface area (Å²) in [6.45, 7) is 10.4. The summed E-state index contributed by atoms with van der Waals surface area (Å²) in [5.41, 5.74) is 5.26. The number of hydrogen-bond acceptors (Lipinski definition) is 5. The van der Waals surface area contributed by atoms with Gasteiger partial charge in [0.1, 0.15) is 11.8 Å². The van der Waals surface area contributed by atoms with Gasteiger partial charge in [0.15, 0.2) is 11.5 Å². The number of benzene rings is 1. The Labute approximate surface area is 152 Å². The molecule has 7 nitrogen and oxygen atoms in total. The molecule has 0 radical (unpaired) electrons. The van der Waals surface area contributed by atoms with Crippen LogP contribution in [0.5, 0.6) is 0 Å². The lowest BCUT2D eigenvalue weighted by Gasteiger charge is -2.37. The van der Waals surface area contributed by atoms with Gasteiger partial charge in [0, 0.05) is 38.4 Å². The molecule has 3 heterocycles. The number of rotatable bonds is 3. The van der Waals surface area contributed by atoms with E-state index in [0.717, 1.165) is 37.5 Å². The average molecular weight is 352 g/mol. The maximum absolute atomic E-state index is 12.1. The molecule has 1 saturated heterocycles. The highest BCUT2D eigenvalue weighted by Crippen LogP contribution is 2.26. The molecule has 0 saturated carbocycles. The van der Waals surface area contributed by atoms with Crippen LogP contribution in [-0.2, 0) is 6.54 Å². The number of aromatic amines is 1. The van der Waals surface area contributed by atoms with E-state index in [2.05, 4.69) is 56.8 Å². The zero-order valence-corrected chi connectivity index (χ0v) is 15.5. The number of imidazole rings is 1. The molecule has 7 heteroatoms. The van der Waals surface area contributed by atoms with Crippen LogP contribution in [0.1, 0.15) is 18.1 Å². The van der Waals surface area contributed by atoms with E-state index >= 15 is 0 Å². The third-order valence-corrected chi connectivity index (χ3v) is 5.35. The first-order valence-corrected chi connectivity index (χ1v) is 9.09. The first-order valence-electron chi connectivity index (χ1n) is 9.09. The fourth-order valence-electron chi connectivity index (χ4n) is 3.72. The lowest BCUT2D eigenvalue weighted by Crippen LogP contribution is -2.47. The van der Waals surface area contributed by atoms with E-state index in [4.69, 9.17) is 0 Å². The quantitative estimate of drug-likeness (QED) is 0.782. The van der Waals surface area contributed by atoms with Gasteiger partial charge in [-0.15, -0.1) is 0 Å². The van der Waals surface area contributed by atoms with E-state index in [-0.39, 0.29) is 5.69 Å². The molecule has 1 fully saturated rings. The Morgan fingerprint density at radius 3 is 2.54 bits per heavy atom. The van der Waals surface area contributed by atoms with Crippen LogP contribution >= 0.6 is 0 Å². The number of aromatic nitrogens is 4. The Bertz CT molecular complexity index is 997. The van der Waals surface area contributed by atoms with Crippen LogP contribution in [-0.4, -0.2) is 45.7 Å². The predicted octanol–water partition coefficient (Wildman–Crippen LogP) is 2.08. The van der Waals surface area contributed by atoms with Crippen molar-refractivity contribution in [2.75, 3.05) is 36.0 Å². The standard InChI is InChI=1S/C19H24N6O/c1-4-25-18-16(22-19(25)26)17(20-12-21-18)24-10-8-23(9-11-24)15-7-5-6-13(2)14(15)3/h5-7,12H,4,8-11H2,1-3H3,(H,22,26). The van der Waals surface area contributed by atoms with E-state index in [1.54, 1.807) is 10.9 Å². The largest absolute Gasteiger partial charge is 0.368 e. The minimum atomic E-state index is -0.127. The normalized spacial score (nSPS) is 15.0. The molecule has 0 spiro atoms. The van der Waals surface area contributed by atoms with Crippen LogP contribution in [0, 0.1) is 13.8 Å². The molecule has 2 aromatic heterocycles. The minimum Gasteiger partial charge on any atom is -0.368 e. The van der Waals surface area contributed by atoms with Crippen molar-refractivity contribution in [1.82, 2.24) is 19.5 Å². The minimum absolute atomic E-state index is 0.127. The van der Waals surface area contributed by atoms with Crippen molar-refractivity contribution in [3.63, 3.8) is 0 Å². The number of aryl methyl sites for hydroxylation is 2. The van der Waals surface area contributed by atoms with Crippen molar-refractivity contribution in [1.29, 1.82) is 0 Å². The van der Waals surface area contributed by atoms with Crippen molar-refractivity contribution in [3.8, 4) is 0 Å². The van der Waals surface area contributed by atoms with Crippen molar-refractivity contribution in [3.05, 3.63) is 46.1 Å². The van der Waals surface area contributed by atoms with E-state index in [9.17, 15) is 4.79 Å². The Morgan fingerprint density at radius 2 is 1.81 bits per heavy atom. The Hall–Kier alpha value is -2.83. The molecular formula is C19H24N6O. The Kier molecular flexibility index (Phi) is 4.14. The van der Waals surface area contributed by atoms with Crippen LogP contribution < -0.4 is 15.5 Å². The average Bonchev–Trinajstić information content (AvgIpc) is 2.99. The zero-order valence-electron chi connectivity index (χ0n) is 15.5. The number of anilines is 2. The topological polar surface area (TPSA) is 70.1 Å². The summed E-state index contributed by atoms with van der Waals surface area (Å²) >= 11 is 0. The van der Waals surface area contributed by atoms with Crippen LogP contribution in [0.15, 0.2) is 29.3 Å². The second kappa shape index (κ2) is 6.48. The molecule has 0 unspecified atom stereocenters. The Morgan fingerprint density at radius 1 is 1.08 bits per heavy atom. The summed E-state index contributed by atoms with van der Waals surface area (Å²) < 4.78 is 1.65. The molecule has 0 atom stereocenters. The second-order valence-electron chi connectivity index (χ2n) is 6.76. The maximum Gasteiger partial charge on any atom is 0.327 e. The van der Waals surface area contributed by atoms with Gasteiger partial charge in [-0.25, -0.2) is 14.8 Å². The van der Waals surface area contributed by atoms with Crippen molar-refractivity contribution < 1.29 is 0 Å². The number of nitrogens with zero attached hydrogens (tertiary/aromatic N) is 5. The molecule has 0 amide bonds. The van der Waals surface area contributed by atoms with Gasteiger partial charge in [-0.3, -0.25) is 4.57 Å². The molecule has 136 valence electrons. The van der Waals surface area contributed by atoms with E-state index in [1.165, 1.54) is 16.8 Å². The number of hydrogen-bond donors (Lipinski definition) is 1. The lowest BCUT2D eigenvalue weighted by molar-refractivity contribution is 0.647. The predicted molar refractivity (Wildman–Crippen MR) is 104 cm³/mol. The van der Waals surface area contributed by atoms with Gasteiger partial charge in [0.05, 0.1) is 0 Å². The highest BCUT2D eigenvalue weighted by Gasteiger charge is 2.23. The summed E-state index contributed by atoms with van der Waals surface area (Å²) in [7, 11) is 0. The molecule has 0 aliphatic carbocycles. The van der Waals surface area contributed by atoms with Gasteiger partial charge in [0.25, 0.3) is 0 Å². The van der Waals surface area contributed by atoms with Gasteiger partial charge in [-0.05, 0) is 38.0 Å². The van der Waals surface area contributed by atoms with Crippen LogP contribution in [0.2, 0.25) is 0 Å². The summed E-state index contributed by atoms with van der Waals surface area (Å²) in [4.78, 5) is 28.5. The lowest BCUT2D eigenvalue weighted by atomic mass is 10.1. The summed E-state index contributed by atoms with van der Waals surface area (Å²) in [5.74, 6) is 0.819. The van der Waals surface area contributed by atoms with Crippen molar-refractivity contribution in [2.24, 2.45) is 0 Å². The van der Waals surface area contributed by atoms with Crippen molar-refractivity contribution in [2.45, 2.75) is 27.3 Å². The first kappa shape index (κ1) is 16.6. The summed E-state index contributed by atoms with van der Waals surface area (Å²) in [5, 5.41) is 0. The highest BCUT2D eigenvalue weighted by molar-refractivity contribution is 5.83. The fraction of sp³-hybridized carbons (Fsp3) is 0.421. The first-order chi connectivity index (χ1) is 12.6. The molecule has 1 aliphatic heterocycles. The summed E-state index contributed by atoms with van der Waals surface area (Å²) in [6, 6.07) is 6.47. The van der Waals surface area contributed by atoms with Gasteiger partial charge in [-0.1, -0.05) is 12.1 Å². The van der Waals surface area contributed by atoms with Gasteiger partial charge >= 0.3 is 5.69 Å². The highest BCUT2D eigenvalue weighted by atomic mass is 16.1. The van der Waals surface area contributed by atoms with Crippen LogP contribution in [0.4, 0.5) is 11.5 Å². The van der Waals surface area contributed by atoms with Gasteiger partial charge in [0.2, 0.25) is 0 Å². The molecule has 1 aromatic carbocycles. The van der Waals surface area contributed by atoms with E-state index in [1.807, 2.05) is 6.92 Å². The number of fused-ring (bicyclic) bond motifs is 1. The smallest absolute Gasteiger partial charge is 0.327 e. The SMILES string of the molecule is CCn1c(=O)[nH]c2c(N3CCN(c4cccc(C)c4C)CC3)ncnc21. The third-order valence-electron chi connectivity index (χ3n) is 5.35. The van der Waals surface area contributed by atoms with E-state index in [0.29, 0.717) is 12.2 Å². The summed E-state index contributed by atoms with van der Waals surface area (Å²) in [6.07, 6.45) is 1.55. The van der Waals surface area contributed by atoms with Crippen LogP contribution in [0.3, 0.4) is 0 Å². The molecule has 3 aromatic rings.